The van der Waals surface area contributed by atoms with Crippen molar-refractivity contribution in [2.24, 2.45) is 14.1 Å². The molecule has 0 saturated carbocycles. The zero-order valence-electron chi connectivity index (χ0n) is 15.8. The number of aromatic nitrogens is 2. The Morgan fingerprint density at radius 1 is 0.704 bits per heavy atom. The van der Waals surface area contributed by atoms with Crippen LogP contribution in [-0.2, 0) is 14.1 Å². The van der Waals surface area contributed by atoms with Crippen LogP contribution in [0.15, 0.2) is 77.5 Å². The highest BCUT2D eigenvalue weighted by atomic mass is 16.3. The summed E-state index contributed by atoms with van der Waals surface area (Å²) in [6, 6.07) is 21.3. The third-order valence-electron chi connectivity index (χ3n) is 5.52. The molecular formula is C24H22N2O. The van der Waals surface area contributed by atoms with E-state index < -0.39 is 0 Å². The van der Waals surface area contributed by atoms with Crippen LogP contribution in [0, 0.1) is 6.92 Å². The minimum Gasteiger partial charge on any atom is -0.465 e. The lowest BCUT2D eigenvalue weighted by molar-refractivity contribution is 0.478. The molecule has 0 atom stereocenters. The SMILES string of the molecule is Cc1ccc(C(c2cn(C)c3ccccc23)c2cn(C)c3ccccc23)o1. The van der Waals surface area contributed by atoms with E-state index in [0.717, 1.165) is 11.5 Å². The van der Waals surface area contributed by atoms with Gasteiger partial charge in [0.05, 0.1) is 5.92 Å². The van der Waals surface area contributed by atoms with Crippen LogP contribution in [0.25, 0.3) is 21.8 Å². The molecule has 3 heteroatoms. The molecule has 0 aliphatic heterocycles. The smallest absolute Gasteiger partial charge is 0.116 e. The predicted octanol–water partition coefficient (Wildman–Crippen LogP) is 5.75. The lowest BCUT2D eigenvalue weighted by atomic mass is 9.88. The van der Waals surface area contributed by atoms with E-state index in [1.165, 1.54) is 32.9 Å². The highest BCUT2D eigenvalue weighted by Gasteiger charge is 2.26. The summed E-state index contributed by atoms with van der Waals surface area (Å²) in [5.74, 6) is 1.98. The molecule has 5 aromatic rings. The number of furan rings is 1. The van der Waals surface area contributed by atoms with Gasteiger partial charge in [-0.2, -0.15) is 0 Å². The first-order chi connectivity index (χ1) is 13.1. The van der Waals surface area contributed by atoms with Gasteiger partial charge in [-0.05, 0) is 42.3 Å². The van der Waals surface area contributed by atoms with Crippen molar-refractivity contribution in [1.29, 1.82) is 0 Å². The van der Waals surface area contributed by atoms with Gasteiger partial charge >= 0.3 is 0 Å². The van der Waals surface area contributed by atoms with Crippen LogP contribution in [0.1, 0.15) is 28.6 Å². The predicted molar refractivity (Wildman–Crippen MR) is 110 cm³/mol. The number of aryl methyl sites for hydroxylation is 3. The summed E-state index contributed by atoms with van der Waals surface area (Å²) in [7, 11) is 4.22. The number of rotatable bonds is 3. The number of para-hydroxylation sites is 2. The molecule has 2 aromatic carbocycles. The molecule has 5 rings (SSSR count). The topological polar surface area (TPSA) is 23.0 Å². The Hall–Kier alpha value is -3.20. The van der Waals surface area contributed by atoms with E-state index in [4.69, 9.17) is 4.42 Å². The van der Waals surface area contributed by atoms with Crippen LogP contribution in [0.2, 0.25) is 0 Å². The molecule has 134 valence electrons. The van der Waals surface area contributed by atoms with Crippen molar-refractivity contribution in [3.05, 3.63) is 95.7 Å². The maximum absolute atomic E-state index is 6.15. The fourth-order valence-corrected chi connectivity index (χ4v) is 4.29. The van der Waals surface area contributed by atoms with Crippen LogP contribution >= 0.6 is 0 Å². The van der Waals surface area contributed by atoms with E-state index in [0.29, 0.717) is 0 Å². The number of hydrogen-bond donors (Lipinski definition) is 0. The van der Waals surface area contributed by atoms with E-state index in [1.807, 2.05) is 6.92 Å². The fourth-order valence-electron chi connectivity index (χ4n) is 4.29. The number of nitrogens with zero attached hydrogens (tertiary/aromatic N) is 2. The van der Waals surface area contributed by atoms with E-state index in [1.54, 1.807) is 0 Å². The molecule has 0 bridgehead atoms. The van der Waals surface area contributed by atoms with Gasteiger partial charge in [0.15, 0.2) is 0 Å². The summed E-state index contributed by atoms with van der Waals surface area (Å²) >= 11 is 0. The molecule has 0 amide bonds. The molecule has 0 unspecified atom stereocenters. The van der Waals surface area contributed by atoms with Gasteiger partial charge in [0.25, 0.3) is 0 Å². The average molecular weight is 354 g/mol. The Morgan fingerprint density at radius 2 is 1.22 bits per heavy atom. The molecule has 0 N–H and O–H groups in total. The summed E-state index contributed by atoms with van der Waals surface area (Å²) in [6.07, 6.45) is 4.49. The van der Waals surface area contributed by atoms with E-state index in [2.05, 4.69) is 96.3 Å². The third kappa shape index (κ3) is 2.42. The van der Waals surface area contributed by atoms with Crippen molar-refractivity contribution in [3.8, 4) is 0 Å². The van der Waals surface area contributed by atoms with E-state index >= 15 is 0 Å². The van der Waals surface area contributed by atoms with Crippen molar-refractivity contribution in [3.63, 3.8) is 0 Å². The Morgan fingerprint density at radius 3 is 1.70 bits per heavy atom. The van der Waals surface area contributed by atoms with Gasteiger partial charge in [0.1, 0.15) is 11.5 Å². The van der Waals surface area contributed by atoms with Gasteiger partial charge in [-0.25, -0.2) is 0 Å². The number of fused-ring (bicyclic) bond motifs is 2. The van der Waals surface area contributed by atoms with Gasteiger partial charge in [-0.1, -0.05) is 36.4 Å². The standard InChI is InChI=1S/C24H22N2O/c1-16-12-13-23(27-16)24(19-14-25(2)21-10-6-4-8-17(19)21)20-15-26(3)22-11-7-5-9-18(20)22/h4-15,24H,1-3H3. The lowest BCUT2D eigenvalue weighted by Gasteiger charge is -2.14. The van der Waals surface area contributed by atoms with Crippen LogP contribution < -0.4 is 0 Å². The van der Waals surface area contributed by atoms with Crippen LogP contribution in [-0.4, -0.2) is 9.13 Å². The summed E-state index contributed by atoms with van der Waals surface area (Å²) in [5.41, 5.74) is 5.03. The summed E-state index contributed by atoms with van der Waals surface area (Å²) in [5, 5.41) is 2.54. The maximum Gasteiger partial charge on any atom is 0.116 e. The minimum absolute atomic E-state index is 0.0518. The zero-order chi connectivity index (χ0) is 18.5. The first-order valence-corrected chi connectivity index (χ1v) is 9.28. The van der Waals surface area contributed by atoms with Crippen molar-refractivity contribution in [2.45, 2.75) is 12.8 Å². The molecule has 3 nitrogen and oxygen atoms in total. The van der Waals surface area contributed by atoms with Gasteiger partial charge < -0.3 is 13.6 Å². The second-order valence-electron chi connectivity index (χ2n) is 7.31. The van der Waals surface area contributed by atoms with E-state index in [-0.39, 0.29) is 5.92 Å². The Labute approximate surface area is 158 Å². The zero-order valence-corrected chi connectivity index (χ0v) is 15.8. The first-order valence-electron chi connectivity index (χ1n) is 9.28. The minimum atomic E-state index is 0.0518. The fraction of sp³-hybridized carbons (Fsp3) is 0.167. The molecule has 27 heavy (non-hydrogen) atoms. The largest absolute Gasteiger partial charge is 0.465 e. The van der Waals surface area contributed by atoms with Crippen molar-refractivity contribution < 1.29 is 4.42 Å². The van der Waals surface area contributed by atoms with Crippen LogP contribution in [0.4, 0.5) is 0 Å². The van der Waals surface area contributed by atoms with Crippen molar-refractivity contribution >= 4 is 21.8 Å². The number of hydrogen-bond acceptors (Lipinski definition) is 1. The molecule has 0 fully saturated rings. The monoisotopic (exact) mass is 354 g/mol. The summed E-state index contributed by atoms with van der Waals surface area (Å²) in [6.45, 7) is 2.01. The molecule has 0 aliphatic carbocycles. The highest BCUT2D eigenvalue weighted by molar-refractivity contribution is 5.89. The van der Waals surface area contributed by atoms with Crippen molar-refractivity contribution in [1.82, 2.24) is 9.13 Å². The van der Waals surface area contributed by atoms with Crippen LogP contribution in [0.3, 0.4) is 0 Å². The molecule has 3 heterocycles. The van der Waals surface area contributed by atoms with Gasteiger partial charge in [-0.3, -0.25) is 0 Å². The lowest BCUT2D eigenvalue weighted by Crippen LogP contribution is -2.01. The molecule has 0 aliphatic rings. The van der Waals surface area contributed by atoms with Gasteiger partial charge in [0.2, 0.25) is 0 Å². The Balaban J connectivity index is 1.84. The molecular weight excluding hydrogens is 332 g/mol. The van der Waals surface area contributed by atoms with E-state index in [9.17, 15) is 0 Å². The molecule has 0 saturated heterocycles. The van der Waals surface area contributed by atoms with Gasteiger partial charge in [-0.15, -0.1) is 0 Å². The summed E-state index contributed by atoms with van der Waals surface area (Å²) < 4.78 is 10.6. The molecule has 0 radical (unpaired) electrons. The van der Waals surface area contributed by atoms with Gasteiger partial charge in [0, 0.05) is 48.3 Å². The molecule has 0 spiro atoms. The average Bonchev–Trinajstić information content (AvgIpc) is 3.35. The van der Waals surface area contributed by atoms with Crippen LogP contribution in [0.5, 0.6) is 0 Å². The Bertz CT molecular complexity index is 1190. The van der Waals surface area contributed by atoms with Crippen molar-refractivity contribution in [2.75, 3.05) is 0 Å². The second-order valence-corrected chi connectivity index (χ2v) is 7.31. The maximum atomic E-state index is 6.15. The second kappa shape index (κ2) is 5.92. The highest BCUT2D eigenvalue weighted by Crippen LogP contribution is 2.40. The first kappa shape index (κ1) is 16.0. The third-order valence-corrected chi connectivity index (χ3v) is 5.52. The Kier molecular flexibility index (Phi) is 3.51. The molecule has 3 aromatic heterocycles. The summed E-state index contributed by atoms with van der Waals surface area (Å²) in [4.78, 5) is 0. The number of benzene rings is 2. The normalized spacial score (nSPS) is 11.9. The quantitative estimate of drug-likeness (QED) is 0.404.